The molecule has 2 aromatic heterocycles. The Hall–Kier alpha value is -2.66. The van der Waals surface area contributed by atoms with Crippen molar-refractivity contribution in [2.75, 3.05) is 6.54 Å². The fourth-order valence-corrected chi connectivity index (χ4v) is 3.32. The Balaban J connectivity index is 1.63. The second kappa shape index (κ2) is 7.27. The van der Waals surface area contributed by atoms with Gasteiger partial charge in [-0.3, -0.25) is 9.59 Å². The van der Waals surface area contributed by atoms with Crippen molar-refractivity contribution >= 4 is 17.2 Å². The highest BCUT2D eigenvalue weighted by atomic mass is 32.1. The third-order valence-corrected chi connectivity index (χ3v) is 4.88. The lowest BCUT2D eigenvalue weighted by molar-refractivity contribution is 0.0958. The van der Waals surface area contributed by atoms with Crippen LogP contribution in [0.15, 0.2) is 59.5 Å². The molecule has 0 fully saturated rings. The van der Waals surface area contributed by atoms with Crippen molar-refractivity contribution in [2.24, 2.45) is 0 Å². The summed E-state index contributed by atoms with van der Waals surface area (Å²) >= 11 is 1.42. The molecule has 0 bridgehead atoms. The molecule has 5 heteroatoms. The Morgan fingerprint density at radius 1 is 1.17 bits per heavy atom. The second-order valence-electron chi connectivity index (χ2n) is 5.56. The van der Waals surface area contributed by atoms with Crippen LogP contribution in [0.5, 0.6) is 0 Å². The summed E-state index contributed by atoms with van der Waals surface area (Å²) in [7, 11) is 0. The van der Waals surface area contributed by atoms with E-state index < -0.39 is 0 Å². The minimum Gasteiger partial charge on any atom is -0.351 e. The fraction of sp³-hybridized carbons (Fsp3) is 0.158. The number of aromatic nitrogens is 1. The van der Waals surface area contributed by atoms with Crippen molar-refractivity contribution in [1.82, 2.24) is 10.3 Å². The number of hydrogen-bond acceptors (Lipinski definition) is 3. The predicted octanol–water partition coefficient (Wildman–Crippen LogP) is 3.38. The molecule has 0 atom stereocenters. The molecule has 3 aromatic rings. The number of nitrogens with one attached hydrogen (secondary N) is 2. The molecule has 0 spiro atoms. The van der Waals surface area contributed by atoms with Crippen LogP contribution < -0.4 is 10.9 Å². The molecule has 2 N–H and O–H groups in total. The van der Waals surface area contributed by atoms with Crippen LogP contribution in [0, 0.1) is 6.92 Å². The van der Waals surface area contributed by atoms with E-state index in [9.17, 15) is 9.59 Å². The highest BCUT2D eigenvalue weighted by Crippen LogP contribution is 2.27. The van der Waals surface area contributed by atoms with Gasteiger partial charge < -0.3 is 10.3 Å². The summed E-state index contributed by atoms with van der Waals surface area (Å²) in [5.74, 6) is -0.0664. The summed E-state index contributed by atoms with van der Waals surface area (Å²) in [6, 6.07) is 15.6. The number of amides is 1. The lowest BCUT2D eigenvalue weighted by Crippen LogP contribution is -2.24. The van der Waals surface area contributed by atoms with E-state index in [0.29, 0.717) is 17.0 Å². The predicted molar refractivity (Wildman–Crippen MR) is 97.6 cm³/mol. The zero-order valence-corrected chi connectivity index (χ0v) is 14.2. The van der Waals surface area contributed by atoms with Crippen LogP contribution in [0.3, 0.4) is 0 Å². The average Bonchev–Trinajstić information content (AvgIpc) is 3.08. The Morgan fingerprint density at radius 3 is 2.71 bits per heavy atom. The number of carbonyl (C=O) groups excluding carboxylic acids is 1. The maximum Gasteiger partial charge on any atom is 0.261 e. The standard InChI is InChI=1S/C19H18N2O2S/c1-13-11-15(12-21-18(13)22)16-7-8-17(24-16)19(23)20-10-9-14-5-3-2-4-6-14/h2-8,11-12H,9-10H2,1H3,(H,20,23)(H,21,22). The van der Waals surface area contributed by atoms with Gasteiger partial charge in [0.25, 0.3) is 11.5 Å². The highest BCUT2D eigenvalue weighted by Gasteiger charge is 2.10. The van der Waals surface area contributed by atoms with Gasteiger partial charge in [-0.05, 0) is 37.1 Å². The summed E-state index contributed by atoms with van der Waals surface area (Å²) in [5, 5.41) is 2.95. The Labute approximate surface area is 144 Å². The molecule has 4 nitrogen and oxygen atoms in total. The van der Waals surface area contributed by atoms with Crippen LogP contribution in [-0.4, -0.2) is 17.4 Å². The summed E-state index contributed by atoms with van der Waals surface area (Å²) in [4.78, 5) is 28.0. The van der Waals surface area contributed by atoms with E-state index in [1.807, 2.05) is 48.5 Å². The van der Waals surface area contributed by atoms with Crippen molar-refractivity contribution in [1.29, 1.82) is 0 Å². The van der Waals surface area contributed by atoms with Crippen LogP contribution in [0.1, 0.15) is 20.8 Å². The molecule has 0 saturated carbocycles. The molecular formula is C19H18N2O2S. The van der Waals surface area contributed by atoms with Crippen molar-refractivity contribution in [2.45, 2.75) is 13.3 Å². The number of thiophene rings is 1. The summed E-state index contributed by atoms with van der Waals surface area (Å²) in [6.45, 7) is 2.38. The summed E-state index contributed by atoms with van der Waals surface area (Å²) < 4.78 is 0. The van der Waals surface area contributed by atoms with Crippen LogP contribution in [0.25, 0.3) is 10.4 Å². The molecule has 0 aliphatic rings. The molecule has 0 saturated heterocycles. The fourth-order valence-electron chi connectivity index (χ4n) is 2.41. The molecule has 1 amide bonds. The number of aromatic amines is 1. The summed E-state index contributed by atoms with van der Waals surface area (Å²) in [6.07, 6.45) is 2.49. The van der Waals surface area contributed by atoms with Gasteiger partial charge in [0, 0.05) is 28.7 Å². The number of aryl methyl sites for hydroxylation is 1. The molecule has 24 heavy (non-hydrogen) atoms. The molecule has 0 aliphatic heterocycles. The topological polar surface area (TPSA) is 62.0 Å². The first-order chi connectivity index (χ1) is 11.6. The SMILES string of the molecule is Cc1cc(-c2ccc(C(=O)NCCc3ccccc3)s2)c[nH]c1=O. The maximum absolute atomic E-state index is 12.2. The van der Waals surface area contributed by atoms with Gasteiger partial charge in [0.05, 0.1) is 4.88 Å². The molecule has 2 heterocycles. The van der Waals surface area contributed by atoms with Gasteiger partial charge >= 0.3 is 0 Å². The Morgan fingerprint density at radius 2 is 1.96 bits per heavy atom. The van der Waals surface area contributed by atoms with Crippen LogP contribution in [0.4, 0.5) is 0 Å². The molecule has 0 radical (unpaired) electrons. The number of H-pyrrole nitrogens is 1. The maximum atomic E-state index is 12.2. The first kappa shape index (κ1) is 16.2. The normalized spacial score (nSPS) is 10.5. The van der Waals surface area contributed by atoms with E-state index in [2.05, 4.69) is 10.3 Å². The van der Waals surface area contributed by atoms with Gasteiger partial charge in [-0.1, -0.05) is 30.3 Å². The summed E-state index contributed by atoms with van der Waals surface area (Å²) in [5.41, 5.74) is 2.69. The monoisotopic (exact) mass is 338 g/mol. The average molecular weight is 338 g/mol. The third kappa shape index (κ3) is 3.81. The number of hydrogen-bond donors (Lipinski definition) is 2. The van der Waals surface area contributed by atoms with Crippen LogP contribution >= 0.6 is 11.3 Å². The third-order valence-electron chi connectivity index (χ3n) is 3.75. The lowest BCUT2D eigenvalue weighted by Gasteiger charge is -2.03. The molecule has 0 aliphatic carbocycles. The van der Waals surface area contributed by atoms with Gasteiger partial charge in [0.2, 0.25) is 0 Å². The molecule has 3 rings (SSSR count). The molecule has 122 valence electrons. The van der Waals surface area contributed by atoms with Crippen LogP contribution in [0.2, 0.25) is 0 Å². The Bertz CT molecular complexity index is 897. The zero-order chi connectivity index (χ0) is 16.9. The van der Waals surface area contributed by atoms with Crippen molar-refractivity contribution in [3.63, 3.8) is 0 Å². The molecular weight excluding hydrogens is 320 g/mol. The van der Waals surface area contributed by atoms with Crippen LogP contribution in [-0.2, 0) is 6.42 Å². The van der Waals surface area contributed by atoms with Gasteiger partial charge in [-0.15, -0.1) is 11.3 Å². The highest BCUT2D eigenvalue weighted by molar-refractivity contribution is 7.17. The number of benzene rings is 1. The van der Waals surface area contributed by atoms with E-state index in [1.54, 1.807) is 13.1 Å². The van der Waals surface area contributed by atoms with Crippen molar-refractivity contribution in [3.05, 3.63) is 81.1 Å². The largest absolute Gasteiger partial charge is 0.351 e. The van der Waals surface area contributed by atoms with E-state index in [-0.39, 0.29) is 11.5 Å². The van der Waals surface area contributed by atoms with Crippen molar-refractivity contribution in [3.8, 4) is 10.4 Å². The minimum absolute atomic E-state index is 0.0664. The second-order valence-corrected chi connectivity index (χ2v) is 6.64. The van der Waals surface area contributed by atoms with Crippen molar-refractivity contribution < 1.29 is 4.79 Å². The first-order valence-electron chi connectivity index (χ1n) is 7.75. The van der Waals surface area contributed by atoms with E-state index >= 15 is 0 Å². The smallest absolute Gasteiger partial charge is 0.261 e. The Kier molecular flexibility index (Phi) is 4.91. The zero-order valence-electron chi connectivity index (χ0n) is 13.3. The molecule has 0 unspecified atom stereocenters. The molecule has 1 aromatic carbocycles. The number of rotatable bonds is 5. The quantitative estimate of drug-likeness (QED) is 0.749. The van der Waals surface area contributed by atoms with Gasteiger partial charge in [-0.2, -0.15) is 0 Å². The number of carbonyl (C=O) groups is 1. The van der Waals surface area contributed by atoms with E-state index in [4.69, 9.17) is 0 Å². The van der Waals surface area contributed by atoms with E-state index in [1.165, 1.54) is 16.9 Å². The minimum atomic E-state index is -0.0887. The van der Waals surface area contributed by atoms with Gasteiger partial charge in [0.1, 0.15) is 0 Å². The first-order valence-corrected chi connectivity index (χ1v) is 8.57. The lowest BCUT2D eigenvalue weighted by atomic mass is 10.1. The van der Waals surface area contributed by atoms with Gasteiger partial charge in [0.15, 0.2) is 0 Å². The van der Waals surface area contributed by atoms with E-state index in [0.717, 1.165) is 16.9 Å². The van der Waals surface area contributed by atoms with Gasteiger partial charge in [-0.25, -0.2) is 0 Å². The number of pyridine rings is 1.